The van der Waals surface area contributed by atoms with Crippen LogP contribution in [0.1, 0.15) is 17.0 Å². The van der Waals surface area contributed by atoms with E-state index < -0.39 is 0 Å². The molecule has 0 saturated heterocycles. The highest BCUT2D eigenvalue weighted by atomic mass is 79.9. The van der Waals surface area contributed by atoms with E-state index >= 15 is 0 Å². The van der Waals surface area contributed by atoms with Crippen LogP contribution in [0.3, 0.4) is 0 Å². The van der Waals surface area contributed by atoms with E-state index in [1.165, 1.54) is 0 Å². The van der Waals surface area contributed by atoms with E-state index in [2.05, 4.69) is 27.1 Å². The zero-order valence-corrected chi connectivity index (χ0v) is 11.9. The molecule has 4 nitrogen and oxygen atoms in total. The number of nitrogens with zero attached hydrogens (tertiary/aromatic N) is 3. The second-order valence-corrected chi connectivity index (χ2v) is 4.80. The molecule has 0 radical (unpaired) electrons. The Kier molecular flexibility index (Phi) is 3.39. The van der Waals surface area contributed by atoms with Crippen molar-refractivity contribution in [1.29, 1.82) is 5.26 Å². The van der Waals surface area contributed by atoms with Gasteiger partial charge in [-0.25, -0.2) is 0 Å². The Morgan fingerprint density at radius 3 is 2.67 bits per heavy atom. The van der Waals surface area contributed by atoms with Gasteiger partial charge < -0.3 is 4.74 Å². The molecule has 0 amide bonds. The largest absolute Gasteiger partial charge is 0.452 e. The minimum atomic E-state index is 0.486. The summed E-state index contributed by atoms with van der Waals surface area (Å²) in [6, 6.07) is 7.55. The third-order valence-corrected chi connectivity index (χ3v) is 3.40. The van der Waals surface area contributed by atoms with E-state index in [0.717, 1.165) is 15.9 Å². The lowest BCUT2D eigenvalue weighted by Crippen LogP contribution is -1.94. The van der Waals surface area contributed by atoms with E-state index in [4.69, 9.17) is 10.00 Å². The second-order valence-electron chi connectivity index (χ2n) is 3.95. The predicted molar refractivity (Wildman–Crippen MR) is 71.6 cm³/mol. The van der Waals surface area contributed by atoms with Crippen LogP contribution in [0.25, 0.3) is 0 Å². The molecule has 0 aliphatic heterocycles. The Balaban J connectivity index is 2.47. The van der Waals surface area contributed by atoms with Crippen LogP contribution in [0.2, 0.25) is 0 Å². The summed E-state index contributed by atoms with van der Waals surface area (Å²) in [6.07, 6.45) is 0. The van der Waals surface area contributed by atoms with Crippen LogP contribution in [-0.2, 0) is 7.05 Å². The lowest BCUT2D eigenvalue weighted by molar-refractivity contribution is 0.472. The summed E-state index contributed by atoms with van der Waals surface area (Å²) >= 11 is 3.34. The summed E-state index contributed by atoms with van der Waals surface area (Å²) in [5, 5.41) is 13.4. The number of aryl methyl sites for hydroxylation is 2. The van der Waals surface area contributed by atoms with E-state index in [0.29, 0.717) is 17.1 Å². The highest BCUT2D eigenvalue weighted by molar-refractivity contribution is 9.10. The second kappa shape index (κ2) is 4.83. The first-order valence-corrected chi connectivity index (χ1v) is 6.20. The minimum absolute atomic E-state index is 0.486. The molecule has 1 heterocycles. The molecule has 0 N–H and O–H groups in total. The molecule has 0 fully saturated rings. The van der Waals surface area contributed by atoms with Crippen molar-refractivity contribution in [2.75, 3.05) is 0 Å². The lowest BCUT2D eigenvalue weighted by atomic mass is 10.2. The maximum Gasteiger partial charge on any atom is 0.171 e. The van der Waals surface area contributed by atoms with Gasteiger partial charge in [0.25, 0.3) is 0 Å². The third-order valence-electron chi connectivity index (χ3n) is 2.74. The summed E-state index contributed by atoms with van der Waals surface area (Å²) < 4.78 is 8.31. The van der Waals surface area contributed by atoms with Crippen molar-refractivity contribution in [1.82, 2.24) is 9.78 Å². The predicted octanol–water partition coefficient (Wildman–Crippen LogP) is 3.46. The van der Waals surface area contributed by atoms with E-state index in [1.54, 1.807) is 10.7 Å². The van der Waals surface area contributed by atoms with Gasteiger partial charge in [-0.05, 0) is 41.9 Å². The quantitative estimate of drug-likeness (QED) is 0.853. The molecule has 1 aromatic carbocycles. The van der Waals surface area contributed by atoms with Crippen molar-refractivity contribution in [2.24, 2.45) is 7.05 Å². The van der Waals surface area contributed by atoms with Crippen molar-refractivity contribution < 1.29 is 4.74 Å². The van der Waals surface area contributed by atoms with Crippen LogP contribution >= 0.6 is 15.9 Å². The highest BCUT2D eigenvalue weighted by Crippen LogP contribution is 2.32. The monoisotopic (exact) mass is 305 g/mol. The van der Waals surface area contributed by atoms with Crippen LogP contribution in [0.5, 0.6) is 11.5 Å². The van der Waals surface area contributed by atoms with Gasteiger partial charge in [-0.1, -0.05) is 6.07 Å². The summed E-state index contributed by atoms with van der Waals surface area (Å²) in [4.78, 5) is 0. The summed E-state index contributed by atoms with van der Waals surface area (Å²) in [7, 11) is 1.86. The van der Waals surface area contributed by atoms with Crippen LogP contribution in [0, 0.1) is 25.2 Å². The van der Waals surface area contributed by atoms with Crippen LogP contribution < -0.4 is 4.74 Å². The number of hydrogen-bond acceptors (Lipinski definition) is 3. The standard InChI is InChI=1S/C13H12BrN3O/c1-8-13(9(2)17(3)16-8)18-12-6-4-5-11(14)10(12)7-15/h4-6H,1-3H3. The normalized spacial score (nSPS) is 10.2. The SMILES string of the molecule is Cc1nn(C)c(C)c1Oc1cccc(Br)c1C#N. The molecule has 2 rings (SSSR count). The number of ether oxygens (including phenoxy) is 1. The molecule has 92 valence electrons. The number of hydrogen-bond donors (Lipinski definition) is 0. The first-order chi connectivity index (χ1) is 8.54. The number of benzene rings is 1. The minimum Gasteiger partial charge on any atom is -0.452 e. The zero-order chi connectivity index (χ0) is 13.3. The Hall–Kier alpha value is -1.80. The smallest absolute Gasteiger partial charge is 0.171 e. The third kappa shape index (κ3) is 2.12. The molecule has 0 spiro atoms. The Labute approximate surface area is 114 Å². The van der Waals surface area contributed by atoms with E-state index in [-0.39, 0.29) is 0 Å². The van der Waals surface area contributed by atoms with Gasteiger partial charge >= 0.3 is 0 Å². The van der Waals surface area contributed by atoms with Crippen LogP contribution in [0.4, 0.5) is 0 Å². The summed E-state index contributed by atoms with van der Waals surface area (Å²) in [5.74, 6) is 1.23. The molecule has 0 atom stereocenters. The maximum absolute atomic E-state index is 9.14. The number of rotatable bonds is 2. The van der Waals surface area contributed by atoms with Crippen molar-refractivity contribution in [3.8, 4) is 17.6 Å². The molecule has 2 aromatic rings. The van der Waals surface area contributed by atoms with Gasteiger partial charge in [0.2, 0.25) is 0 Å². The van der Waals surface area contributed by atoms with Gasteiger partial charge in [0.1, 0.15) is 23.1 Å². The van der Waals surface area contributed by atoms with Gasteiger partial charge in [-0.2, -0.15) is 10.4 Å². The first kappa shape index (κ1) is 12.7. The Morgan fingerprint density at radius 1 is 1.39 bits per heavy atom. The maximum atomic E-state index is 9.14. The fourth-order valence-corrected chi connectivity index (χ4v) is 2.15. The molecule has 18 heavy (non-hydrogen) atoms. The van der Waals surface area contributed by atoms with Crippen molar-refractivity contribution in [3.05, 3.63) is 39.6 Å². The molecule has 0 bridgehead atoms. The fourth-order valence-electron chi connectivity index (χ4n) is 1.71. The van der Waals surface area contributed by atoms with E-state index in [9.17, 15) is 0 Å². The first-order valence-electron chi connectivity index (χ1n) is 5.41. The number of nitriles is 1. The molecule has 0 aliphatic rings. The number of aromatic nitrogens is 2. The highest BCUT2D eigenvalue weighted by Gasteiger charge is 2.14. The Morgan fingerprint density at radius 2 is 2.11 bits per heavy atom. The molecular weight excluding hydrogens is 294 g/mol. The van der Waals surface area contributed by atoms with Gasteiger partial charge in [-0.3, -0.25) is 4.68 Å². The molecule has 0 unspecified atom stereocenters. The van der Waals surface area contributed by atoms with Gasteiger partial charge in [0, 0.05) is 11.5 Å². The average Bonchev–Trinajstić information content (AvgIpc) is 2.56. The average molecular weight is 306 g/mol. The van der Waals surface area contributed by atoms with Crippen molar-refractivity contribution in [3.63, 3.8) is 0 Å². The van der Waals surface area contributed by atoms with Gasteiger partial charge in [-0.15, -0.1) is 0 Å². The fraction of sp³-hybridized carbons (Fsp3) is 0.231. The zero-order valence-electron chi connectivity index (χ0n) is 10.4. The van der Waals surface area contributed by atoms with Gasteiger partial charge in [0.05, 0.1) is 5.69 Å². The molecule has 5 heteroatoms. The van der Waals surface area contributed by atoms with Crippen LogP contribution in [0.15, 0.2) is 22.7 Å². The summed E-state index contributed by atoms with van der Waals surface area (Å²) in [5.41, 5.74) is 2.22. The molecule has 0 saturated carbocycles. The van der Waals surface area contributed by atoms with Crippen molar-refractivity contribution in [2.45, 2.75) is 13.8 Å². The van der Waals surface area contributed by atoms with Gasteiger partial charge in [0.15, 0.2) is 5.75 Å². The van der Waals surface area contributed by atoms with Crippen LogP contribution in [-0.4, -0.2) is 9.78 Å². The summed E-state index contributed by atoms with van der Waals surface area (Å²) in [6.45, 7) is 3.81. The van der Waals surface area contributed by atoms with E-state index in [1.807, 2.05) is 33.0 Å². The molecular formula is C13H12BrN3O. The lowest BCUT2D eigenvalue weighted by Gasteiger charge is -2.08. The molecule has 1 aromatic heterocycles. The Bertz CT molecular complexity index is 640. The number of halogens is 1. The van der Waals surface area contributed by atoms with Crippen molar-refractivity contribution >= 4 is 15.9 Å². The topological polar surface area (TPSA) is 50.8 Å². The molecule has 0 aliphatic carbocycles.